The standard InChI is InChI=1S/C14H22ClN3O3S/c1-17(2)22(19,20)16-14(11-4-6-12(15)7-5-11)13-10-18(3)8-9-21-13/h4-7,13-14,16H,8-10H2,1-3H3/t13-,14+/m1/s1. The normalized spacial score (nSPS) is 22.0. The van der Waals surface area contributed by atoms with Crippen molar-refractivity contribution < 1.29 is 13.2 Å². The summed E-state index contributed by atoms with van der Waals surface area (Å²) in [5.41, 5.74) is 0.829. The van der Waals surface area contributed by atoms with Crippen molar-refractivity contribution >= 4 is 21.8 Å². The van der Waals surface area contributed by atoms with E-state index in [2.05, 4.69) is 9.62 Å². The van der Waals surface area contributed by atoms with Crippen LogP contribution in [0.2, 0.25) is 5.02 Å². The molecule has 0 aliphatic carbocycles. The zero-order chi connectivity index (χ0) is 16.3. The number of halogens is 1. The first kappa shape index (κ1) is 17.7. The van der Waals surface area contributed by atoms with Crippen LogP contribution < -0.4 is 4.72 Å². The number of morpholine rings is 1. The molecule has 1 aromatic carbocycles. The SMILES string of the molecule is CN1CCO[C@@H]([C@@H](NS(=O)(=O)N(C)C)c2ccc(Cl)cc2)C1. The second-order valence-corrected chi connectivity index (χ2v) is 7.96. The number of hydrogen-bond acceptors (Lipinski definition) is 4. The van der Waals surface area contributed by atoms with E-state index in [0.717, 1.165) is 16.4 Å². The molecule has 1 aromatic rings. The Labute approximate surface area is 137 Å². The molecular weight excluding hydrogens is 326 g/mol. The first-order chi connectivity index (χ1) is 10.3. The third-order valence-corrected chi connectivity index (χ3v) is 5.42. The van der Waals surface area contributed by atoms with Crippen molar-refractivity contribution in [2.24, 2.45) is 0 Å². The van der Waals surface area contributed by atoms with E-state index in [4.69, 9.17) is 16.3 Å². The van der Waals surface area contributed by atoms with Gasteiger partial charge in [-0.3, -0.25) is 0 Å². The van der Waals surface area contributed by atoms with Crippen molar-refractivity contribution in [2.75, 3.05) is 40.8 Å². The topological polar surface area (TPSA) is 61.9 Å². The summed E-state index contributed by atoms with van der Waals surface area (Å²) in [5.74, 6) is 0. The molecule has 1 saturated heterocycles. The first-order valence-electron chi connectivity index (χ1n) is 7.05. The van der Waals surface area contributed by atoms with Crippen LogP contribution in [-0.2, 0) is 14.9 Å². The van der Waals surface area contributed by atoms with E-state index in [-0.39, 0.29) is 6.10 Å². The van der Waals surface area contributed by atoms with Gasteiger partial charge in [-0.05, 0) is 24.7 Å². The van der Waals surface area contributed by atoms with Crippen LogP contribution in [0.1, 0.15) is 11.6 Å². The second kappa shape index (κ2) is 7.25. The minimum atomic E-state index is -3.57. The minimum absolute atomic E-state index is 0.255. The zero-order valence-electron chi connectivity index (χ0n) is 13.0. The lowest BCUT2D eigenvalue weighted by Crippen LogP contribution is -2.49. The molecule has 0 bridgehead atoms. The molecule has 8 heteroatoms. The van der Waals surface area contributed by atoms with Crippen LogP contribution in [0.3, 0.4) is 0 Å². The summed E-state index contributed by atoms with van der Waals surface area (Å²) in [6, 6.07) is 6.68. The fraction of sp³-hybridized carbons (Fsp3) is 0.571. The van der Waals surface area contributed by atoms with Gasteiger partial charge in [-0.1, -0.05) is 23.7 Å². The van der Waals surface area contributed by atoms with E-state index in [1.165, 1.54) is 14.1 Å². The maximum Gasteiger partial charge on any atom is 0.279 e. The van der Waals surface area contributed by atoms with Crippen molar-refractivity contribution in [3.63, 3.8) is 0 Å². The highest BCUT2D eigenvalue weighted by Crippen LogP contribution is 2.24. The summed E-state index contributed by atoms with van der Waals surface area (Å²) < 4.78 is 34.1. The molecule has 1 fully saturated rings. The second-order valence-electron chi connectivity index (χ2n) is 5.61. The molecule has 0 radical (unpaired) electrons. The smallest absolute Gasteiger partial charge is 0.279 e. The average Bonchev–Trinajstić information content (AvgIpc) is 2.46. The lowest BCUT2D eigenvalue weighted by Gasteiger charge is -2.36. The number of nitrogens with one attached hydrogen (secondary N) is 1. The number of benzene rings is 1. The molecule has 2 atom stereocenters. The van der Waals surface area contributed by atoms with Crippen molar-refractivity contribution in [1.82, 2.24) is 13.9 Å². The van der Waals surface area contributed by atoms with Gasteiger partial charge in [-0.15, -0.1) is 0 Å². The summed E-state index contributed by atoms with van der Waals surface area (Å²) in [5, 5.41) is 0.611. The van der Waals surface area contributed by atoms with E-state index in [1.54, 1.807) is 12.1 Å². The largest absolute Gasteiger partial charge is 0.374 e. The minimum Gasteiger partial charge on any atom is -0.374 e. The zero-order valence-corrected chi connectivity index (χ0v) is 14.6. The maximum atomic E-state index is 12.2. The molecule has 1 N–H and O–H groups in total. The molecule has 1 aliphatic rings. The van der Waals surface area contributed by atoms with Crippen molar-refractivity contribution in [2.45, 2.75) is 12.1 Å². The Hall–Kier alpha value is -0.700. The Morgan fingerprint density at radius 2 is 2.00 bits per heavy atom. The van der Waals surface area contributed by atoms with Gasteiger partial charge in [0.2, 0.25) is 0 Å². The lowest BCUT2D eigenvalue weighted by atomic mass is 10.0. The molecular formula is C14H22ClN3O3S. The van der Waals surface area contributed by atoms with Crippen LogP contribution in [0.5, 0.6) is 0 Å². The molecule has 1 aliphatic heterocycles. The summed E-state index contributed by atoms with van der Waals surface area (Å²) in [7, 11) is 1.41. The van der Waals surface area contributed by atoms with Gasteiger partial charge in [0.1, 0.15) is 0 Å². The van der Waals surface area contributed by atoms with Gasteiger partial charge in [0, 0.05) is 32.2 Å². The lowest BCUT2D eigenvalue weighted by molar-refractivity contribution is -0.0356. The highest BCUT2D eigenvalue weighted by atomic mass is 35.5. The van der Waals surface area contributed by atoms with Gasteiger partial charge in [-0.2, -0.15) is 17.4 Å². The van der Waals surface area contributed by atoms with Crippen LogP contribution in [-0.4, -0.2) is 64.6 Å². The molecule has 0 unspecified atom stereocenters. The molecule has 2 rings (SSSR count). The number of hydrogen-bond donors (Lipinski definition) is 1. The van der Waals surface area contributed by atoms with E-state index in [9.17, 15) is 8.42 Å². The van der Waals surface area contributed by atoms with Crippen LogP contribution in [0.25, 0.3) is 0 Å². The Bertz CT molecular complexity index is 592. The third-order valence-electron chi connectivity index (χ3n) is 3.65. The molecule has 0 saturated carbocycles. The molecule has 0 spiro atoms. The predicted octanol–water partition coefficient (Wildman–Crippen LogP) is 1.11. The van der Waals surface area contributed by atoms with Gasteiger partial charge in [0.25, 0.3) is 10.2 Å². The number of nitrogens with zero attached hydrogens (tertiary/aromatic N) is 2. The average molecular weight is 348 g/mol. The summed E-state index contributed by atoms with van der Waals surface area (Å²) in [6.07, 6.45) is -0.255. The Balaban J connectivity index is 2.29. The van der Waals surface area contributed by atoms with E-state index >= 15 is 0 Å². The molecule has 0 aromatic heterocycles. The molecule has 1 heterocycles. The first-order valence-corrected chi connectivity index (χ1v) is 8.87. The molecule has 0 amide bonds. The van der Waals surface area contributed by atoms with E-state index in [0.29, 0.717) is 18.2 Å². The highest BCUT2D eigenvalue weighted by Gasteiger charge is 2.32. The quantitative estimate of drug-likeness (QED) is 0.866. The fourth-order valence-electron chi connectivity index (χ4n) is 2.31. The monoisotopic (exact) mass is 347 g/mol. The van der Waals surface area contributed by atoms with Crippen LogP contribution in [0.4, 0.5) is 0 Å². The van der Waals surface area contributed by atoms with Crippen molar-refractivity contribution in [3.05, 3.63) is 34.9 Å². The van der Waals surface area contributed by atoms with Gasteiger partial charge < -0.3 is 9.64 Å². The van der Waals surface area contributed by atoms with Crippen LogP contribution >= 0.6 is 11.6 Å². The Kier molecular flexibility index (Phi) is 5.81. The number of rotatable bonds is 5. The summed E-state index contributed by atoms with van der Waals surface area (Å²) in [4.78, 5) is 2.13. The number of ether oxygens (including phenoxy) is 1. The fourth-order valence-corrected chi connectivity index (χ4v) is 3.25. The van der Waals surface area contributed by atoms with Gasteiger partial charge in [-0.25, -0.2) is 0 Å². The summed E-state index contributed by atoms with van der Waals surface area (Å²) >= 11 is 5.92. The van der Waals surface area contributed by atoms with E-state index < -0.39 is 16.3 Å². The Morgan fingerprint density at radius 1 is 1.36 bits per heavy atom. The predicted molar refractivity (Wildman–Crippen MR) is 87.2 cm³/mol. The van der Waals surface area contributed by atoms with Crippen LogP contribution in [0.15, 0.2) is 24.3 Å². The van der Waals surface area contributed by atoms with Gasteiger partial charge in [0.15, 0.2) is 0 Å². The highest BCUT2D eigenvalue weighted by molar-refractivity contribution is 7.87. The van der Waals surface area contributed by atoms with Crippen molar-refractivity contribution in [1.29, 1.82) is 0 Å². The molecule has 22 heavy (non-hydrogen) atoms. The van der Waals surface area contributed by atoms with Crippen LogP contribution in [0, 0.1) is 0 Å². The number of likely N-dealkylation sites (N-methyl/N-ethyl adjacent to an activating group) is 1. The molecule has 6 nitrogen and oxygen atoms in total. The maximum absolute atomic E-state index is 12.2. The van der Waals surface area contributed by atoms with Crippen molar-refractivity contribution in [3.8, 4) is 0 Å². The van der Waals surface area contributed by atoms with E-state index in [1.807, 2.05) is 19.2 Å². The Morgan fingerprint density at radius 3 is 2.55 bits per heavy atom. The van der Waals surface area contributed by atoms with Gasteiger partial charge in [0.05, 0.1) is 18.8 Å². The third kappa shape index (κ3) is 4.41. The van der Waals surface area contributed by atoms with Gasteiger partial charge >= 0.3 is 0 Å². The summed E-state index contributed by atoms with van der Waals surface area (Å²) in [6.45, 7) is 2.07. The molecule has 124 valence electrons.